The minimum atomic E-state index is -0.506. The van der Waals surface area contributed by atoms with Crippen LogP contribution in [0, 0.1) is 12.8 Å². The molecule has 0 aliphatic carbocycles. The number of oxazole rings is 1. The van der Waals surface area contributed by atoms with Gasteiger partial charge in [-0.2, -0.15) is 0 Å². The summed E-state index contributed by atoms with van der Waals surface area (Å²) < 4.78 is 5.70. The van der Waals surface area contributed by atoms with Crippen molar-refractivity contribution < 1.29 is 14.3 Å². The Bertz CT molecular complexity index is 649. The van der Waals surface area contributed by atoms with Gasteiger partial charge in [0.1, 0.15) is 0 Å². The number of rotatable bonds is 8. The van der Waals surface area contributed by atoms with Crippen molar-refractivity contribution in [1.29, 1.82) is 0 Å². The molecular weight excluding hydrogens is 304 g/mol. The summed E-state index contributed by atoms with van der Waals surface area (Å²) in [5, 5.41) is 12.6. The highest BCUT2D eigenvalue weighted by Crippen LogP contribution is 2.21. The Morgan fingerprint density at radius 1 is 1.33 bits per heavy atom. The molecule has 5 nitrogen and oxygen atoms in total. The fraction of sp³-hybridized carbons (Fsp3) is 0.474. The predicted octanol–water partition coefficient (Wildman–Crippen LogP) is 3.11. The molecule has 1 aromatic heterocycles. The topological polar surface area (TPSA) is 75.4 Å². The van der Waals surface area contributed by atoms with Crippen molar-refractivity contribution in [3.05, 3.63) is 41.9 Å². The zero-order valence-electron chi connectivity index (χ0n) is 14.6. The van der Waals surface area contributed by atoms with E-state index in [4.69, 9.17) is 4.42 Å². The molecule has 0 radical (unpaired) electrons. The summed E-state index contributed by atoms with van der Waals surface area (Å²) >= 11 is 0. The number of benzene rings is 1. The smallest absolute Gasteiger partial charge is 0.220 e. The largest absolute Gasteiger partial charge is 0.441 e. The highest BCUT2D eigenvalue weighted by Gasteiger charge is 2.14. The first-order valence-electron chi connectivity index (χ1n) is 8.46. The van der Waals surface area contributed by atoms with Crippen molar-refractivity contribution in [3.8, 4) is 11.3 Å². The Kier molecular flexibility index (Phi) is 6.55. The summed E-state index contributed by atoms with van der Waals surface area (Å²) in [5.74, 6) is 1.32. The third kappa shape index (κ3) is 5.20. The average Bonchev–Trinajstić information content (AvgIpc) is 3.06. The standard InChI is InChI=1S/C19H26N2O3/c1-4-14(3)16(22)11-20-18(23)9-10-19-21-12-17(24-19)15-7-5-13(2)6-8-15/h5-8,12,14,16,22H,4,9-11H2,1-3H3,(H,20,23). The first-order valence-corrected chi connectivity index (χ1v) is 8.46. The summed E-state index contributed by atoms with van der Waals surface area (Å²) in [6, 6.07) is 8.02. The molecule has 2 N–H and O–H groups in total. The molecule has 2 unspecified atom stereocenters. The Morgan fingerprint density at radius 3 is 2.71 bits per heavy atom. The molecule has 1 amide bonds. The molecule has 0 saturated carbocycles. The summed E-state index contributed by atoms with van der Waals surface area (Å²) in [6.07, 6.45) is 2.80. The second kappa shape index (κ2) is 8.64. The first kappa shape index (κ1) is 18.2. The van der Waals surface area contributed by atoms with E-state index in [0.29, 0.717) is 24.5 Å². The monoisotopic (exact) mass is 330 g/mol. The Balaban J connectivity index is 1.80. The number of aliphatic hydroxyl groups excluding tert-OH is 1. The lowest BCUT2D eigenvalue weighted by molar-refractivity contribution is -0.121. The number of carbonyl (C=O) groups excluding carboxylic acids is 1. The maximum absolute atomic E-state index is 11.9. The molecule has 0 aliphatic heterocycles. The maximum atomic E-state index is 11.9. The van der Waals surface area contributed by atoms with Crippen LogP contribution in [-0.2, 0) is 11.2 Å². The molecule has 130 valence electrons. The number of aromatic nitrogens is 1. The molecule has 1 aromatic carbocycles. The van der Waals surface area contributed by atoms with Crippen molar-refractivity contribution in [3.63, 3.8) is 0 Å². The van der Waals surface area contributed by atoms with Crippen LogP contribution in [0.4, 0.5) is 0 Å². The van der Waals surface area contributed by atoms with Gasteiger partial charge < -0.3 is 14.8 Å². The molecule has 2 atom stereocenters. The summed E-state index contributed by atoms with van der Waals surface area (Å²) in [4.78, 5) is 16.1. The van der Waals surface area contributed by atoms with Gasteiger partial charge in [0.05, 0.1) is 12.3 Å². The molecule has 5 heteroatoms. The molecule has 24 heavy (non-hydrogen) atoms. The third-order valence-electron chi connectivity index (χ3n) is 4.26. The molecule has 2 rings (SSSR count). The van der Waals surface area contributed by atoms with Crippen LogP contribution in [0.3, 0.4) is 0 Å². The second-order valence-electron chi connectivity index (χ2n) is 6.24. The lowest BCUT2D eigenvalue weighted by Crippen LogP contribution is -2.35. The third-order valence-corrected chi connectivity index (χ3v) is 4.26. The summed E-state index contributed by atoms with van der Waals surface area (Å²) in [5.41, 5.74) is 2.16. The van der Waals surface area contributed by atoms with Crippen LogP contribution in [0.5, 0.6) is 0 Å². The zero-order valence-corrected chi connectivity index (χ0v) is 14.6. The Morgan fingerprint density at radius 2 is 2.04 bits per heavy atom. The van der Waals surface area contributed by atoms with Crippen LogP contribution in [0.1, 0.15) is 38.1 Å². The Hall–Kier alpha value is -2.14. The highest BCUT2D eigenvalue weighted by atomic mass is 16.4. The van der Waals surface area contributed by atoms with E-state index in [1.807, 2.05) is 45.0 Å². The molecule has 1 heterocycles. The van der Waals surface area contributed by atoms with Gasteiger partial charge >= 0.3 is 0 Å². The zero-order chi connectivity index (χ0) is 17.5. The SMILES string of the molecule is CCC(C)C(O)CNC(=O)CCc1ncc(-c2ccc(C)cc2)o1. The van der Waals surface area contributed by atoms with Crippen molar-refractivity contribution in [1.82, 2.24) is 10.3 Å². The predicted molar refractivity (Wildman–Crippen MR) is 93.5 cm³/mol. The van der Waals surface area contributed by atoms with Gasteiger partial charge in [-0.3, -0.25) is 4.79 Å². The van der Waals surface area contributed by atoms with Gasteiger partial charge in [0.15, 0.2) is 11.7 Å². The van der Waals surface area contributed by atoms with E-state index >= 15 is 0 Å². The molecule has 2 aromatic rings. The van der Waals surface area contributed by atoms with Gasteiger partial charge in [0, 0.05) is 24.9 Å². The van der Waals surface area contributed by atoms with E-state index in [1.165, 1.54) is 5.56 Å². The number of aryl methyl sites for hydroxylation is 2. The van der Waals surface area contributed by atoms with E-state index in [-0.39, 0.29) is 18.4 Å². The van der Waals surface area contributed by atoms with Crippen LogP contribution in [0.2, 0.25) is 0 Å². The van der Waals surface area contributed by atoms with E-state index in [2.05, 4.69) is 10.3 Å². The highest BCUT2D eigenvalue weighted by molar-refractivity contribution is 5.76. The van der Waals surface area contributed by atoms with Crippen LogP contribution in [0.25, 0.3) is 11.3 Å². The molecule has 0 spiro atoms. The van der Waals surface area contributed by atoms with Crippen molar-refractivity contribution in [2.75, 3.05) is 6.54 Å². The maximum Gasteiger partial charge on any atom is 0.220 e. The minimum Gasteiger partial charge on any atom is -0.441 e. The van der Waals surface area contributed by atoms with Crippen LogP contribution >= 0.6 is 0 Å². The molecule has 0 fully saturated rings. The number of carbonyl (C=O) groups is 1. The summed E-state index contributed by atoms with van der Waals surface area (Å²) in [6.45, 7) is 6.31. The Labute approximate surface area is 143 Å². The second-order valence-corrected chi connectivity index (χ2v) is 6.24. The van der Waals surface area contributed by atoms with Crippen LogP contribution < -0.4 is 5.32 Å². The van der Waals surface area contributed by atoms with Crippen LogP contribution in [0.15, 0.2) is 34.9 Å². The van der Waals surface area contributed by atoms with Gasteiger partial charge in [-0.1, -0.05) is 50.1 Å². The molecule has 0 saturated heterocycles. The number of hydrogen-bond acceptors (Lipinski definition) is 4. The number of aliphatic hydroxyl groups is 1. The molecular formula is C19H26N2O3. The van der Waals surface area contributed by atoms with Crippen LogP contribution in [-0.4, -0.2) is 28.6 Å². The average molecular weight is 330 g/mol. The summed E-state index contributed by atoms with van der Waals surface area (Å²) in [7, 11) is 0. The number of nitrogens with one attached hydrogen (secondary N) is 1. The van der Waals surface area contributed by atoms with E-state index < -0.39 is 6.10 Å². The number of hydrogen-bond donors (Lipinski definition) is 2. The van der Waals surface area contributed by atoms with Gasteiger partial charge in [-0.05, 0) is 12.8 Å². The van der Waals surface area contributed by atoms with E-state index in [1.54, 1.807) is 6.20 Å². The fourth-order valence-corrected chi connectivity index (χ4v) is 2.28. The molecule has 0 bridgehead atoms. The van der Waals surface area contributed by atoms with Gasteiger partial charge in [-0.15, -0.1) is 0 Å². The number of nitrogens with zero attached hydrogens (tertiary/aromatic N) is 1. The lowest BCUT2D eigenvalue weighted by atomic mass is 10.0. The van der Waals surface area contributed by atoms with E-state index in [0.717, 1.165) is 12.0 Å². The van der Waals surface area contributed by atoms with Gasteiger partial charge in [0.2, 0.25) is 5.91 Å². The lowest BCUT2D eigenvalue weighted by Gasteiger charge is -2.17. The van der Waals surface area contributed by atoms with Crippen molar-refractivity contribution in [2.24, 2.45) is 5.92 Å². The van der Waals surface area contributed by atoms with E-state index in [9.17, 15) is 9.90 Å². The number of amides is 1. The fourth-order valence-electron chi connectivity index (χ4n) is 2.28. The van der Waals surface area contributed by atoms with Gasteiger partial charge in [-0.25, -0.2) is 4.98 Å². The van der Waals surface area contributed by atoms with Crippen molar-refractivity contribution in [2.45, 2.75) is 46.1 Å². The van der Waals surface area contributed by atoms with Gasteiger partial charge in [0.25, 0.3) is 0 Å². The van der Waals surface area contributed by atoms with Crippen molar-refractivity contribution >= 4 is 5.91 Å². The molecule has 0 aliphatic rings. The minimum absolute atomic E-state index is 0.104. The normalized spacial score (nSPS) is 13.5. The quantitative estimate of drug-likeness (QED) is 0.780. The first-order chi connectivity index (χ1) is 11.5.